The first-order chi connectivity index (χ1) is 10.2. The Bertz CT molecular complexity index is 754. The molecular formula is C18H14Cl2N+. The van der Waals surface area contributed by atoms with Crippen LogP contribution in [-0.2, 0) is 6.54 Å². The van der Waals surface area contributed by atoms with Crippen molar-refractivity contribution in [1.82, 2.24) is 0 Å². The monoisotopic (exact) mass is 314 g/mol. The minimum absolute atomic E-state index is 0.587. The molecule has 2 aromatic carbocycles. The van der Waals surface area contributed by atoms with Crippen molar-refractivity contribution in [2.24, 2.45) is 0 Å². The van der Waals surface area contributed by atoms with Gasteiger partial charge in [-0.05, 0) is 23.8 Å². The van der Waals surface area contributed by atoms with E-state index in [0.717, 1.165) is 12.1 Å². The summed E-state index contributed by atoms with van der Waals surface area (Å²) in [5, 5.41) is 1.18. The van der Waals surface area contributed by atoms with Crippen molar-refractivity contribution in [2.45, 2.75) is 6.54 Å². The average Bonchev–Trinajstić information content (AvgIpc) is 2.52. The molecule has 0 radical (unpaired) electrons. The van der Waals surface area contributed by atoms with E-state index in [0.29, 0.717) is 10.0 Å². The van der Waals surface area contributed by atoms with Crippen LogP contribution in [-0.4, -0.2) is 0 Å². The lowest BCUT2D eigenvalue weighted by Gasteiger charge is -2.03. The topological polar surface area (TPSA) is 3.88 Å². The first-order valence-corrected chi connectivity index (χ1v) is 7.46. The Hall–Kier alpha value is -1.83. The summed E-state index contributed by atoms with van der Waals surface area (Å²) in [6, 6.07) is 20.2. The Kier molecular flexibility index (Phi) is 4.23. The van der Waals surface area contributed by atoms with Crippen molar-refractivity contribution < 1.29 is 4.57 Å². The average molecular weight is 315 g/mol. The highest BCUT2D eigenvalue weighted by Crippen LogP contribution is 2.22. The first kappa shape index (κ1) is 14.1. The van der Waals surface area contributed by atoms with Crippen molar-refractivity contribution in [3.63, 3.8) is 0 Å². The van der Waals surface area contributed by atoms with Crippen LogP contribution in [0.2, 0.25) is 10.0 Å². The summed E-state index contributed by atoms with van der Waals surface area (Å²) in [4.78, 5) is 0. The number of rotatable bonds is 3. The standard InChI is InChI=1S/C18H14Cl2N/c19-17-9-8-14(11-18(17)20)12-21-10-4-7-16(13-21)15-5-2-1-3-6-15/h1-11,13H,12H2/q+1. The third-order valence-corrected chi connectivity index (χ3v) is 4.05. The maximum Gasteiger partial charge on any atom is 0.176 e. The minimum Gasteiger partial charge on any atom is -0.200 e. The maximum absolute atomic E-state index is 6.07. The van der Waals surface area contributed by atoms with Crippen LogP contribution in [0.1, 0.15) is 5.56 Å². The van der Waals surface area contributed by atoms with Crippen LogP contribution in [0.15, 0.2) is 73.1 Å². The van der Waals surface area contributed by atoms with Crippen molar-refractivity contribution in [1.29, 1.82) is 0 Å². The van der Waals surface area contributed by atoms with Gasteiger partial charge < -0.3 is 0 Å². The number of halogens is 2. The normalized spacial score (nSPS) is 10.6. The first-order valence-electron chi connectivity index (χ1n) is 6.71. The molecule has 0 bridgehead atoms. The molecule has 1 aromatic heterocycles. The molecule has 0 aliphatic rings. The van der Waals surface area contributed by atoms with E-state index in [-0.39, 0.29) is 0 Å². The van der Waals surface area contributed by atoms with Crippen LogP contribution in [0.4, 0.5) is 0 Å². The van der Waals surface area contributed by atoms with Crippen molar-refractivity contribution in [2.75, 3.05) is 0 Å². The van der Waals surface area contributed by atoms with Gasteiger partial charge in [0.05, 0.1) is 10.0 Å². The Morgan fingerprint density at radius 3 is 2.29 bits per heavy atom. The molecule has 0 aliphatic heterocycles. The molecule has 0 unspecified atom stereocenters. The zero-order chi connectivity index (χ0) is 14.7. The van der Waals surface area contributed by atoms with Gasteiger partial charge in [-0.3, -0.25) is 0 Å². The Labute approximate surface area is 134 Å². The largest absolute Gasteiger partial charge is 0.200 e. The van der Waals surface area contributed by atoms with Gasteiger partial charge in [0.15, 0.2) is 18.9 Å². The fourth-order valence-corrected chi connectivity index (χ4v) is 2.59. The lowest BCUT2D eigenvalue weighted by Crippen LogP contribution is -2.33. The molecule has 104 valence electrons. The quantitative estimate of drug-likeness (QED) is 0.599. The molecular weight excluding hydrogens is 301 g/mol. The summed E-state index contributed by atoms with van der Waals surface area (Å²) in [5.41, 5.74) is 3.53. The fraction of sp³-hybridized carbons (Fsp3) is 0.0556. The summed E-state index contributed by atoms with van der Waals surface area (Å²) in [5.74, 6) is 0. The highest BCUT2D eigenvalue weighted by molar-refractivity contribution is 6.42. The third-order valence-electron chi connectivity index (χ3n) is 3.31. The van der Waals surface area contributed by atoms with E-state index >= 15 is 0 Å². The predicted molar refractivity (Wildman–Crippen MR) is 87.6 cm³/mol. The van der Waals surface area contributed by atoms with Crippen LogP contribution in [0.3, 0.4) is 0 Å². The van der Waals surface area contributed by atoms with Crippen molar-refractivity contribution >= 4 is 23.2 Å². The lowest BCUT2D eigenvalue weighted by atomic mass is 10.1. The van der Waals surface area contributed by atoms with E-state index in [9.17, 15) is 0 Å². The maximum atomic E-state index is 6.07. The SMILES string of the molecule is Clc1ccc(C[n+]2cccc(-c3ccccc3)c2)cc1Cl. The summed E-state index contributed by atoms with van der Waals surface area (Å²) in [7, 11) is 0. The van der Waals surface area contributed by atoms with E-state index in [4.69, 9.17) is 23.2 Å². The van der Waals surface area contributed by atoms with Gasteiger partial charge in [-0.15, -0.1) is 0 Å². The molecule has 0 saturated carbocycles. The van der Waals surface area contributed by atoms with Crippen LogP contribution in [0.25, 0.3) is 11.1 Å². The van der Waals surface area contributed by atoms with E-state index in [1.807, 2.05) is 36.4 Å². The summed E-state index contributed by atoms with van der Waals surface area (Å²) in [6.07, 6.45) is 4.19. The Morgan fingerprint density at radius 2 is 1.52 bits per heavy atom. The summed E-state index contributed by atoms with van der Waals surface area (Å²) >= 11 is 12.0. The smallest absolute Gasteiger partial charge is 0.176 e. The molecule has 3 heteroatoms. The molecule has 0 saturated heterocycles. The summed E-state index contributed by atoms with van der Waals surface area (Å²) in [6.45, 7) is 0.761. The third kappa shape index (κ3) is 3.44. The number of hydrogen-bond acceptors (Lipinski definition) is 0. The van der Waals surface area contributed by atoms with Crippen LogP contribution >= 0.6 is 23.2 Å². The second kappa shape index (κ2) is 6.30. The molecule has 0 N–H and O–H groups in total. The van der Waals surface area contributed by atoms with Gasteiger partial charge in [-0.1, -0.05) is 59.6 Å². The molecule has 3 rings (SSSR count). The number of hydrogen-bond donors (Lipinski definition) is 0. The van der Waals surface area contributed by atoms with Gasteiger partial charge in [0.1, 0.15) is 0 Å². The van der Waals surface area contributed by atoms with Gasteiger partial charge in [-0.2, -0.15) is 0 Å². The zero-order valence-electron chi connectivity index (χ0n) is 11.3. The molecule has 0 aliphatic carbocycles. The van der Waals surface area contributed by atoms with Gasteiger partial charge in [-0.25, -0.2) is 4.57 Å². The van der Waals surface area contributed by atoms with Crippen molar-refractivity contribution in [3.05, 3.63) is 88.7 Å². The number of pyridine rings is 1. The zero-order valence-corrected chi connectivity index (χ0v) is 12.9. The predicted octanol–water partition coefficient (Wildman–Crippen LogP) is 5.00. The van der Waals surface area contributed by atoms with Gasteiger partial charge in [0.25, 0.3) is 0 Å². The molecule has 1 nitrogen and oxygen atoms in total. The number of benzene rings is 2. The van der Waals surface area contributed by atoms with Crippen LogP contribution in [0, 0.1) is 0 Å². The molecule has 21 heavy (non-hydrogen) atoms. The van der Waals surface area contributed by atoms with Gasteiger partial charge in [0, 0.05) is 17.2 Å². The minimum atomic E-state index is 0.587. The molecule has 0 atom stereocenters. The highest BCUT2D eigenvalue weighted by Gasteiger charge is 2.07. The molecule has 3 aromatic rings. The fourth-order valence-electron chi connectivity index (χ4n) is 2.27. The number of nitrogens with zero attached hydrogens (tertiary/aromatic N) is 1. The highest BCUT2D eigenvalue weighted by atomic mass is 35.5. The molecule has 0 amide bonds. The van der Waals surface area contributed by atoms with E-state index in [1.54, 1.807) is 0 Å². The Morgan fingerprint density at radius 1 is 0.762 bits per heavy atom. The molecule has 0 fully saturated rings. The van der Waals surface area contributed by atoms with Gasteiger partial charge in [0.2, 0.25) is 0 Å². The second-order valence-corrected chi connectivity index (χ2v) is 5.69. The second-order valence-electron chi connectivity index (χ2n) is 4.88. The van der Waals surface area contributed by atoms with Crippen LogP contribution in [0.5, 0.6) is 0 Å². The van der Waals surface area contributed by atoms with E-state index < -0.39 is 0 Å². The lowest BCUT2D eigenvalue weighted by molar-refractivity contribution is -0.687. The van der Waals surface area contributed by atoms with Crippen molar-refractivity contribution in [3.8, 4) is 11.1 Å². The van der Waals surface area contributed by atoms with Crippen LogP contribution < -0.4 is 4.57 Å². The molecule has 0 spiro atoms. The molecule has 1 heterocycles. The summed E-state index contributed by atoms with van der Waals surface area (Å²) < 4.78 is 2.14. The van der Waals surface area contributed by atoms with Gasteiger partial charge >= 0.3 is 0 Å². The van der Waals surface area contributed by atoms with E-state index in [2.05, 4.69) is 41.2 Å². The number of aromatic nitrogens is 1. The van der Waals surface area contributed by atoms with E-state index in [1.165, 1.54) is 11.1 Å². The Balaban J connectivity index is 1.88.